The van der Waals surface area contributed by atoms with Crippen molar-refractivity contribution in [3.05, 3.63) is 47.5 Å². The van der Waals surface area contributed by atoms with Crippen molar-refractivity contribution in [1.82, 2.24) is 29.7 Å². The third kappa shape index (κ3) is 5.43. The summed E-state index contributed by atoms with van der Waals surface area (Å²) < 4.78 is 7.65. The van der Waals surface area contributed by atoms with Crippen LogP contribution in [-0.4, -0.2) is 85.7 Å². The van der Waals surface area contributed by atoms with Crippen molar-refractivity contribution in [3.8, 4) is 0 Å². The number of nitrogens with one attached hydrogen (secondary N) is 1. The number of fused-ring (bicyclic) bond motifs is 1. The first-order valence-electron chi connectivity index (χ1n) is 11.1. The highest BCUT2D eigenvalue weighted by Crippen LogP contribution is 2.32. The molecule has 2 aromatic heterocycles. The lowest BCUT2D eigenvalue weighted by Crippen LogP contribution is -2.42. The number of aliphatic hydroxyl groups excluding tert-OH is 2. The molecule has 1 saturated heterocycles. The Morgan fingerprint density at radius 2 is 1.94 bits per heavy atom. The fourth-order valence-electron chi connectivity index (χ4n) is 4.05. The minimum Gasteiger partial charge on any atom is -0.387 e. The van der Waals surface area contributed by atoms with Gasteiger partial charge in [0, 0.05) is 24.7 Å². The predicted octanol–water partition coefficient (Wildman–Crippen LogP) is 0.835. The van der Waals surface area contributed by atoms with Gasteiger partial charge in [-0.2, -0.15) is 0 Å². The highest BCUT2D eigenvalue weighted by molar-refractivity contribution is 6.30. The predicted molar refractivity (Wildman–Crippen MR) is 126 cm³/mol. The van der Waals surface area contributed by atoms with Gasteiger partial charge in [0.15, 0.2) is 17.7 Å². The Balaban J connectivity index is 1.29. The monoisotopic (exact) mass is 475 g/mol. The maximum absolute atomic E-state index is 10.6. The average molecular weight is 476 g/mol. The number of halogens is 1. The van der Waals surface area contributed by atoms with Crippen molar-refractivity contribution in [2.75, 3.05) is 38.5 Å². The Hall–Kier alpha value is -2.34. The molecule has 0 amide bonds. The van der Waals surface area contributed by atoms with Crippen LogP contribution >= 0.6 is 11.6 Å². The minimum absolute atomic E-state index is 0.254. The van der Waals surface area contributed by atoms with Gasteiger partial charge in [-0.1, -0.05) is 30.7 Å². The molecule has 1 aliphatic rings. The molecular weight excluding hydrogens is 446 g/mol. The maximum Gasteiger partial charge on any atom is 0.167 e. The Kier molecular flexibility index (Phi) is 7.74. The number of benzene rings is 1. The van der Waals surface area contributed by atoms with E-state index in [1.165, 1.54) is 18.2 Å². The summed E-state index contributed by atoms with van der Waals surface area (Å²) in [5.41, 5.74) is 7.98. The van der Waals surface area contributed by atoms with Gasteiger partial charge >= 0.3 is 0 Å². The second-order valence-electron chi connectivity index (χ2n) is 8.15. The number of anilines is 1. The number of ether oxygens (including phenoxy) is 1. The molecule has 1 aromatic carbocycles. The van der Waals surface area contributed by atoms with E-state index >= 15 is 0 Å². The first-order valence-corrected chi connectivity index (χ1v) is 11.5. The van der Waals surface area contributed by atoms with Crippen molar-refractivity contribution >= 4 is 28.6 Å². The number of rotatable bonds is 10. The normalized spacial score (nSPS) is 23.1. The summed E-state index contributed by atoms with van der Waals surface area (Å²) >= 11 is 5.93. The van der Waals surface area contributed by atoms with Crippen LogP contribution in [0.25, 0.3) is 11.2 Å². The third-order valence-corrected chi connectivity index (χ3v) is 6.24. The van der Waals surface area contributed by atoms with Gasteiger partial charge in [0.2, 0.25) is 0 Å². The largest absolute Gasteiger partial charge is 0.387 e. The number of likely N-dealkylation sites (N-methyl/N-ethyl adjacent to an activating group) is 1. The van der Waals surface area contributed by atoms with Crippen LogP contribution in [0, 0.1) is 0 Å². The van der Waals surface area contributed by atoms with E-state index in [9.17, 15) is 10.2 Å². The molecule has 178 valence electrons. The Bertz CT molecular complexity index is 1050. The van der Waals surface area contributed by atoms with Gasteiger partial charge in [0.1, 0.15) is 30.2 Å². The van der Waals surface area contributed by atoms with Crippen LogP contribution in [-0.2, 0) is 11.2 Å². The van der Waals surface area contributed by atoms with E-state index in [0.717, 1.165) is 37.6 Å². The quantitative estimate of drug-likeness (QED) is 0.314. The van der Waals surface area contributed by atoms with E-state index in [1.807, 2.05) is 24.3 Å². The van der Waals surface area contributed by atoms with Crippen LogP contribution in [0.4, 0.5) is 5.82 Å². The van der Waals surface area contributed by atoms with E-state index in [4.69, 9.17) is 22.1 Å². The highest BCUT2D eigenvalue weighted by atomic mass is 35.5. The maximum atomic E-state index is 10.6. The fraction of sp³-hybridized carbons (Fsp3) is 0.500. The molecule has 0 bridgehead atoms. The van der Waals surface area contributed by atoms with E-state index < -0.39 is 24.5 Å². The summed E-state index contributed by atoms with van der Waals surface area (Å²) in [4.78, 5) is 14.5. The summed E-state index contributed by atoms with van der Waals surface area (Å²) in [6, 6.07) is 7.87. The molecule has 5 N–H and O–H groups in total. The average Bonchev–Trinajstić information content (AvgIpc) is 3.36. The third-order valence-electron chi connectivity index (χ3n) is 5.99. The zero-order chi connectivity index (χ0) is 23.4. The van der Waals surface area contributed by atoms with Gasteiger partial charge in [0.25, 0.3) is 0 Å². The number of imidazole rings is 1. The van der Waals surface area contributed by atoms with Crippen LogP contribution in [0.15, 0.2) is 36.9 Å². The number of nitrogens with two attached hydrogens (primary N) is 1. The number of nitrogen functional groups attached to an aromatic ring is 1. The molecule has 1 fully saturated rings. The molecule has 0 aliphatic carbocycles. The first kappa shape index (κ1) is 23.8. The van der Waals surface area contributed by atoms with E-state index in [1.54, 1.807) is 4.57 Å². The van der Waals surface area contributed by atoms with Gasteiger partial charge in [-0.05, 0) is 37.2 Å². The summed E-state index contributed by atoms with van der Waals surface area (Å²) in [6.45, 7) is 5.81. The molecule has 1 aliphatic heterocycles. The summed E-state index contributed by atoms with van der Waals surface area (Å²) in [5.74, 6) is 0.254. The lowest BCUT2D eigenvalue weighted by Gasteiger charge is -2.25. The molecule has 0 spiro atoms. The van der Waals surface area contributed by atoms with Crippen LogP contribution in [0.5, 0.6) is 0 Å². The summed E-state index contributed by atoms with van der Waals surface area (Å²) in [5, 5.41) is 25.5. The second-order valence-corrected chi connectivity index (χ2v) is 8.59. The number of aliphatic hydroxyl groups is 2. The van der Waals surface area contributed by atoms with Crippen LogP contribution < -0.4 is 11.1 Å². The van der Waals surface area contributed by atoms with E-state index in [2.05, 4.69) is 32.1 Å². The summed E-state index contributed by atoms with van der Waals surface area (Å²) in [6.07, 6.45) is 0.272. The number of aromatic nitrogens is 4. The molecular formula is C22H30ClN7O3. The molecule has 0 unspecified atom stereocenters. The standard InChI is InChI=1S/C22H30ClN7O3/c1-2-29(10-9-25-8-7-14-3-5-15(23)6-4-14)11-16-18(31)19(32)22(33-16)30-13-28-17-20(24)26-12-27-21(17)30/h3-6,12-13,16,18-19,22,25,31-32H,2,7-11H2,1H3,(H2,24,26,27)/t16-,18-,19-,22-/m1/s1. The number of hydrogen-bond donors (Lipinski definition) is 4. The van der Waals surface area contributed by atoms with Crippen LogP contribution in [0.2, 0.25) is 5.02 Å². The zero-order valence-corrected chi connectivity index (χ0v) is 19.3. The van der Waals surface area contributed by atoms with E-state index in [0.29, 0.717) is 17.7 Å². The molecule has 3 heterocycles. The molecule has 4 rings (SSSR count). The zero-order valence-electron chi connectivity index (χ0n) is 18.5. The molecule has 0 radical (unpaired) electrons. The molecule has 3 aromatic rings. The molecule has 0 saturated carbocycles. The Morgan fingerprint density at radius 1 is 1.15 bits per heavy atom. The molecule has 11 heteroatoms. The van der Waals surface area contributed by atoms with Crippen molar-refractivity contribution in [2.45, 2.75) is 37.9 Å². The van der Waals surface area contributed by atoms with Crippen molar-refractivity contribution in [1.29, 1.82) is 0 Å². The SMILES string of the molecule is CCN(CCNCCc1ccc(Cl)cc1)C[C@H]1O[C@@H](n2cnc3c(N)ncnc32)[C@H](O)[C@@H]1O. The van der Waals surface area contributed by atoms with Gasteiger partial charge in [-0.3, -0.25) is 9.47 Å². The van der Waals surface area contributed by atoms with Gasteiger partial charge < -0.3 is 26.0 Å². The first-order chi connectivity index (χ1) is 16.0. The second kappa shape index (κ2) is 10.7. The smallest absolute Gasteiger partial charge is 0.167 e. The highest BCUT2D eigenvalue weighted by Gasteiger charge is 2.44. The minimum atomic E-state index is -1.11. The van der Waals surface area contributed by atoms with Crippen LogP contribution in [0.3, 0.4) is 0 Å². The van der Waals surface area contributed by atoms with Crippen molar-refractivity contribution < 1.29 is 14.9 Å². The van der Waals surface area contributed by atoms with Crippen LogP contribution in [0.1, 0.15) is 18.7 Å². The summed E-state index contributed by atoms with van der Waals surface area (Å²) in [7, 11) is 0. The van der Waals surface area contributed by atoms with Gasteiger partial charge in [0.05, 0.1) is 6.33 Å². The Labute approximate surface area is 197 Å². The number of nitrogens with zero attached hydrogens (tertiary/aromatic N) is 5. The Morgan fingerprint density at radius 3 is 2.70 bits per heavy atom. The van der Waals surface area contributed by atoms with Gasteiger partial charge in [-0.15, -0.1) is 0 Å². The number of hydrogen-bond acceptors (Lipinski definition) is 9. The van der Waals surface area contributed by atoms with Crippen molar-refractivity contribution in [2.24, 2.45) is 0 Å². The molecule has 10 nitrogen and oxygen atoms in total. The molecule has 4 atom stereocenters. The lowest BCUT2D eigenvalue weighted by molar-refractivity contribution is -0.0436. The lowest BCUT2D eigenvalue weighted by atomic mass is 10.1. The molecule has 33 heavy (non-hydrogen) atoms. The van der Waals surface area contributed by atoms with E-state index in [-0.39, 0.29) is 5.82 Å². The topological polar surface area (TPSA) is 135 Å². The fourth-order valence-corrected chi connectivity index (χ4v) is 4.17. The van der Waals surface area contributed by atoms with Crippen molar-refractivity contribution in [3.63, 3.8) is 0 Å². The van der Waals surface area contributed by atoms with Gasteiger partial charge in [-0.25, -0.2) is 15.0 Å².